The second-order valence-corrected chi connectivity index (χ2v) is 8.01. The topological polar surface area (TPSA) is 92.5 Å². The molecule has 3 rings (SSSR count). The van der Waals surface area contributed by atoms with Gasteiger partial charge in [-0.05, 0) is 44.0 Å². The van der Waals surface area contributed by atoms with Crippen LogP contribution >= 0.6 is 0 Å². The molecule has 2 heterocycles. The fourth-order valence-electron chi connectivity index (χ4n) is 2.80. The number of carbonyl (C=O) groups excluding carboxylic acids is 1. The highest BCUT2D eigenvalue weighted by atomic mass is 32.2. The van der Waals surface area contributed by atoms with Crippen LogP contribution in [0, 0.1) is 6.92 Å². The molecular formula is C17H21N3O4S. The van der Waals surface area contributed by atoms with Gasteiger partial charge >= 0.3 is 0 Å². The van der Waals surface area contributed by atoms with Crippen LogP contribution in [0.2, 0.25) is 0 Å². The summed E-state index contributed by atoms with van der Waals surface area (Å²) in [7, 11) is -3.45. The van der Waals surface area contributed by atoms with E-state index in [1.54, 1.807) is 12.1 Å². The summed E-state index contributed by atoms with van der Waals surface area (Å²) in [5.41, 5.74) is 1.21. The summed E-state index contributed by atoms with van der Waals surface area (Å²) in [6.45, 7) is 3.36. The standard InChI is InChI=1S/C17H21N3O4S/c1-13-12-15(19-24-13)8-9-18-17(21)14-4-6-16(7-5-14)25(22,23)20-10-2-3-11-20/h4-7,12H,2-3,8-11H2,1H3,(H,18,21). The molecular weight excluding hydrogens is 342 g/mol. The van der Waals surface area contributed by atoms with E-state index in [9.17, 15) is 13.2 Å². The molecule has 0 bridgehead atoms. The molecule has 25 heavy (non-hydrogen) atoms. The normalized spacial score (nSPS) is 15.4. The third kappa shape index (κ3) is 4.08. The van der Waals surface area contributed by atoms with Gasteiger partial charge in [0, 0.05) is 37.7 Å². The zero-order valence-corrected chi connectivity index (χ0v) is 14.9. The second-order valence-electron chi connectivity index (χ2n) is 6.07. The van der Waals surface area contributed by atoms with Crippen LogP contribution in [-0.2, 0) is 16.4 Å². The number of sulfonamides is 1. The molecule has 1 amide bonds. The molecule has 0 saturated carbocycles. The van der Waals surface area contributed by atoms with Gasteiger partial charge in [0.2, 0.25) is 10.0 Å². The number of rotatable bonds is 6. The first-order valence-electron chi connectivity index (χ1n) is 8.27. The molecule has 1 saturated heterocycles. The summed E-state index contributed by atoms with van der Waals surface area (Å²) in [4.78, 5) is 12.4. The maximum atomic E-state index is 12.5. The minimum absolute atomic E-state index is 0.226. The molecule has 7 nitrogen and oxygen atoms in total. The summed E-state index contributed by atoms with van der Waals surface area (Å²) >= 11 is 0. The number of nitrogens with zero attached hydrogens (tertiary/aromatic N) is 2. The number of aryl methyl sites for hydroxylation is 1. The molecule has 1 fully saturated rings. The predicted octanol–water partition coefficient (Wildman–Crippen LogP) is 1.74. The van der Waals surface area contributed by atoms with Gasteiger partial charge in [0.25, 0.3) is 5.91 Å². The molecule has 2 aromatic rings. The van der Waals surface area contributed by atoms with Crippen molar-refractivity contribution in [2.45, 2.75) is 31.1 Å². The van der Waals surface area contributed by atoms with Crippen LogP contribution in [0.3, 0.4) is 0 Å². The number of hydrogen-bond donors (Lipinski definition) is 1. The van der Waals surface area contributed by atoms with Crippen LogP contribution in [-0.4, -0.2) is 43.4 Å². The predicted molar refractivity (Wildman–Crippen MR) is 91.7 cm³/mol. The molecule has 1 N–H and O–H groups in total. The van der Waals surface area contributed by atoms with Crippen LogP contribution in [0.25, 0.3) is 0 Å². The average Bonchev–Trinajstić information content (AvgIpc) is 3.27. The highest BCUT2D eigenvalue weighted by Crippen LogP contribution is 2.21. The Kier molecular flexibility index (Phi) is 5.19. The third-order valence-corrected chi connectivity index (χ3v) is 6.08. The Balaban J connectivity index is 1.58. The van der Waals surface area contributed by atoms with Crippen molar-refractivity contribution in [3.63, 3.8) is 0 Å². The van der Waals surface area contributed by atoms with Gasteiger partial charge in [0.05, 0.1) is 10.6 Å². The Bertz CT molecular complexity index is 837. The molecule has 0 spiro atoms. The van der Waals surface area contributed by atoms with E-state index in [0.717, 1.165) is 24.3 Å². The summed E-state index contributed by atoms with van der Waals surface area (Å²) in [5.74, 6) is 0.487. The van der Waals surface area contributed by atoms with Gasteiger partial charge in [0.1, 0.15) is 5.76 Å². The number of hydrogen-bond acceptors (Lipinski definition) is 5. The van der Waals surface area contributed by atoms with Gasteiger partial charge < -0.3 is 9.84 Å². The molecule has 134 valence electrons. The molecule has 1 aromatic carbocycles. The van der Waals surface area contributed by atoms with Crippen molar-refractivity contribution >= 4 is 15.9 Å². The van der Waals surface area contributed by atoms with Crippen LogP contribution in [0.4, 0.5) is 0 Å². The summed E-state index contributed by atoms with van der Waals surface area (Å²) < 4.78 is 31.4. The lowest BCUT2D eigenvalue weighted by Gasteiger charge is -2.15. The monoisotopic (exact) mass is 363 g/mol. The first-order valence-corrected chi connectivity index (χ1v) is 9.71. The van der Waals surface area contributed by atoms with Crippen molar-refractivity contribution in [2.75, 3.05) is 19.6 Å². The largest absolute Gasteiger partial charge is 0.361 e. The van der Waals surface area contributed by atoms with E-state index >= 15 is 0 Å². The lowest BCUT2D eigenvalue weighted by atomic mass is 10.2. The van der Waals surface area contributed by atoms with E-state index in [2.05, 4.69) is 10.5 Å². The van der Waals surface area contributed by atoms with Gasteiger partial charge in [-0.25, -0.2) is 8.42 Å². The first-order chi connectivity index (χ1) is 12.0. The second kappa shape index (κ2) is 7.37. The van der Waals surface area contributed by atoms with Crippen LogP contribution in [0.15, 0.2) is 39.8 Å². The maximum absolute atomic E-state index is 12.5. The maximum Gasteiger partial charge on any atom is 0.251 e. The van der Waals surface area contributed by atoms with Crippen molar-refractivity contribution in [3.05, 3.63) is 47.3 Å². The van der Waals surface area contributed by atoms with Crippen molar-refractivity contribution < 1.29 is 17.7 Å². The van der Waals surface area contributed by atoms with E-state index in [0.29, 0.717) is 31.6 Å². The van der Waals surface area contributed by atoms with Crippen LogP contribution in [0.1, 0.15) is 34.7 Å². The minimum Gasteiger partial charge on any atom is -0.361 e. The Morgan fingerprint density at radius 3 is 2.52 bits per heavy atom. The molecule has 1 aliphatic rings. The highest BCUT2D eigenvalue weighted by Gasteiger charge is 2.27. The quantitative estimate of drug-likeness (QED) is 0.844. The smallest absolute Gasteiger partial charge is 0.251 e. The van der Waals surface area contributed by atoms with Crippen molar-refractivity contribution in [2.24, 2.45) is 0 Å². The molecule has 0 aliphatic carbocycles. The zero-order valence-electron chi connectivity index (χ0n) is 14.1. The molecule has 1 aliphatic heterocycles. The summed E-state index contributed by atoms with van der Waals surface area (Å²) in [6, 6.07) is 7.88. The Morgan fingerprint density at radius 1 is 1.24 bits per heavy atom. The molecule has 8 heteroatoms. The summed E-state index contributed by atoms with van der Waals surface area (Å²) in [6.07, 6.45) is 2.36. The van der Waals surface area contributed by atoms with Crippen LogP contribution in [0.5, 0.6) is 0 Å². The zero-order chi connectivity index (χ0) is 17.9. The van der Waals surface area contributed by atoms with E-state index in [1.165, 1.54) is 16.4 Å². The first kappa shape index (κ1) is 17.6. The Morgan fingerprint density at radius 2 is 1.92 bits per heavy atom. The van der Waals surface area contributed by atoms with Crippen molar-refractivity contribution in [1.29, 1.82) is 0 Å². The lowest BCUT2D eigenvalue weighted by molar-refractivity contribution is 0.0954. The Hall–Kier alpha value is -2.19. The van der Waals surface area contributed by atoms with E-state index in [-0.39, 0.29) is 10.8 Å². The molecule has 0 atom stereocenters. The average molecular weight is 363 g/mol. The number of amides is 1. The van der Waals surface area contributed by atoms with Gasteiger partial charge in [-0.15, -0.1) is 0 Å². The molecule has 0 unspecified atom stereocenters. The number of benzene rings is 1. The Labute approximate surface area is 147 Å². The van der Waals surface area contributed by atoms with E-state index in [4.69, 9.17) is 4.52 Å². The number of carbonyl (C=O) groups is 1. The van der Waals surface area contributed by atoms with Gasteiger partial charge in [0.15, 0.2) is 0 Å². The lowest BCUT2D eigenvalue weighted by Crippen LogP contribution is -2.28. The minimum atomic E-state index is -3.45. The van der Waals surface area contributed by atoms with Crippen LogP contribution < -0.4 is 5.32 Å². The van der Waals surface area contributed by atoms with Gasteiger partial charge in [-0.2, -0.15) is 4.31 Å². The van der Waals surface area contributed by atoms with Crippen molar-refractivity contribution in [1.82, 2.24) is 14.8 Å². The van der Waals surface area contributed by atoms with Gasteiger partial charge in [-0.3, -0.25) is 4.79 Å². The molecule has 0 radical (unpaired) electrons. The molecule has 1 aromatic heterocycles. The number of aromatic nitrogens is 1. The highest BCUT2D eigenvalue weighted by molar-refractivity contribution is 7.89. The van der Waals surface area contributed by atoms with Gasteiger partial charge in [-0.1, -0.05) is 5.16 Å². The fourth-order valence-corrected chi connectivity index (χ4v) is 4.31. The van der Waals surface area contributed by atoms with Crippen molar-refractivity contribution in [3.8, 4) is 0 Å². The third-order valence-electron chi connectivity index (χ3n) is 4.16. The van der Waals surface area contributed by atoms with E-state index < -0.39 is 10.0 Å². The SMILES string of the molecule is Cc1cc(CCNC(=O)c2ccc(S(=O)(=O)N3CCCC3)cc2)no1. The fraction of sp³-hybridized carbons (Fsp3) is 0.412. The van der Waals surface area contributed by atoms with E-state index in [1.807, 2.05) is 13.0 Å². The summed E-state index contributed by atoms with van der Waals surface area (Å²) in [5, 5.41) is 6.65. The number of nitrogens with one attached hydrogen (secondary N) is 1.